The summed E-state index contributed by atoms with van der Waals surface area (Å²) in [6.45, 7) is 0. The molecule has 0 spiro atoms. The van der Waals surface area contributed by atoms with Crippen LogP contribution in [0.4, 0.5) is 87.8 Å². The monoisotopic (exact) mass is 1020 g/mol. The molecule has 0 saturated carbocycles. The van der Waals surface area contributed by atoms with Crippen molar-refractivity contribution in [3.8, 4) is 12.1 Å². The predicted molar refractivity (Wildman–Crippen MR) is 163 cm³/mol. The van der Waals surface area contributed by atoms with E-state index < -0.39 is 166 Å². The molecule has 0 aliphatic heterocycles. The molecule has 0 N–H and O–H groups in total. The van der Waals surface area contributed by atoms with Gasteiger partial charge in [-0.3, -0.25) is 0 Å². The summed E-state index contributed by atoms with van der Waals surface area (Å²) in [4.78, 5) is 0. The summed E-state index contributed by atoms with van der Waals surface area (Å²) < 4.78 is 307. The first-order valence-corrected chi connectivity index (χ1v) is 18.0. The Hall–Kier alpha value is -6.19. The van der Waals surface area contributed by atoms with E-state index in [0.29, 0.717) is 24.4 Å². The second-order valence-corrected chi connectivity index (χ2v) is 14.6. The molecular formula is C36H8BF20IN2O2. The number of benzene rings is 4. The van der Waals surface area contributed by atoms with Crippen molar-refractivity contribution in [3.63, 3.8) is 0 Å². The molecule has 324 valence electrons. The Bertz CT molecular complexity index is 2450. The molecule has 0 atom stereocenters. The Kier molecular flexibility index (Phi) is 13.4. The van der Waals surface area contributed by atoms with E-state index >= 15 is 35.1 Å². The van der Waals surface area contributed by atoms with Crippen LogP contribution < -0.4 is 43.1 Å². The highest BCUT2D eigenvalue weighted by Gasteiger charge is 2.52. The summed E-state index contributed by atoms with van der Waals surface area (Å²) in [5.74, 6) is -70.0. The van der Waals surface area contributed by atoms with Gasteiger partial charge >= 0.3 is 28.7 Å². The molecule has 0 unspecified atom stereocenters. The van der Waals surface area contributed by atoms with Gasteiger partial charge in [-0.25, -0.2) is 87.8 Å². The largest absolute Gasteiger partial charge is 0.442 e. The van der Waals surface area contributed by atoms with E-state index in [-0.39, 0.29) is 0 Å². The molecule has 6 aromatic rings. The zero-order chi connectivity index (χ0) is 46.4. The van der Waals surface area contributed by atoms with Crippen LogP contribution in [0, 0.1) is 147 Å². The van der Waals surface area contributed by atoms with Crippen molar-refractivity contribution in [1.82, 2.24) is 0 Å². The first-order chi connectivity index (χ1) is 29.0. The Morgan fingerprint density at radius 2 is 0.532 bits per heavy atom. The summed E-state index contributed by atoms with van der Waals surface area (Å²) in [5, 5.41) is 17.1. The maximum Gasteiger partial charge on any atom is 0.442 e. The van der Waals surface area contributed by atoms with E-state index in [0.717, 1.165) is 7.53 Å². The highest BCUT2D eigenvalue weighted by Crippen LogP contribution is 2.30. The average molecular weight is 1020 g/mol. The number of rotatable bonds is 8. The molecule has 62 heavy (non-hydrogen) atoms. The van der Waals surface area contributed by atoms with Crippen LogP contribution in [0.15, 0.2) is 33.1 Å². The molecule has 4 nitrogen and oxygen atoms in total. The zero-order valence-corrected chi connectivity index (χ0v) is 31.1. The van der Waals surface area contributed by atoms with Crippen molar-refractivity contribution in [3.05, 3.63) is 160 Å². The van der Waals surface area contributed by atoms with Crippen LogP contribution in [0.1, 0.15) is 11.5 Å². The molecule has 0 aliphatic carbocycles. The van der Waals surface area contributed by atoms with Crippen LogP contribution in [0.25, 0.3) is 0 Å². The number of hydrogen-bond donors (Lipinski definition) is 0. The van der Waals surface area contributed by atoms with Crippen molar-refractivity contribution in [2.75, 3.05) is 0 Å². The second-order valence-electron chi connectivity index (χ2n) is 12.0. The van der Waals surface area contributed by atoms with Gasteiger partial charge in [-0.05, 0) is 12.1 Å². The summed E-state index contributed by atoms with van der Waals surface area (Å²) in [6.07, 6.45) is -6.63. The molecule has 0 amide bonds. The molecule has 26 heteroatoms. The molecule has 0 bridgehead atoms. The highest BCUT2D eigenvalue weighted by atomic mass is 127. The lowest BCUT2D eigenvalue weighted by atomic mass is 9.12. The SMILES string of the molecule is Fc1c(F)c(F)c([B-](c2c(F)c(F)c(F)c(F)c2F)(c2c(F)c(F)c(F)c(F)c2F)c2c(F)c(F)c(F)c(F)c2F)c(F)c1F.N#CCc1ccc([I+]c2ccc(CC#N)o2)o1. The fraction of sp³-hybridized carbons (Fsp3) is 0.0556. The zero-order valence-electron chi connectivity index (χ0n) is 28.9. The number of hydrogen-bond acceptors (Lipinski definition) is 4. The molecule has 2 heterocycles. The van der Waals surface area contributed by atoms with Crippen molar-refractivity contribution in [2.45, 2.75) is 12.8 Å². The van der Waals surface area contributed by atoms with Gasteiger partial charge in [0.2, 0.25) is 0 Å². The van der Waals surface area contributed by atoms with Crippen molar-refractivity contribution in [2.24, 2.45) is 0 Å². The van der Waals surface area contributed by atoms with Gasteiger partial charge in [0.05, 0.1) is 25.0 Å². The molecule has 4 aromatic carbocycles. The Morgan fingerprint density at radius 1 is 0.339 bits per heavy atom. The lowest BCUT2D eigenvalue weighted by Crippen LogP contribution is -3.61. The van der Waals surface area contributed by atoms with Crippen molar-refractivity contribution < 1.29 is 118 Å². The lowest BCUT2D eigenvalue weighted by Gasteiger charge is -2.44. The number of furan rings is 2. The topological polar surface area (TPSA) is 73.9 Å². The Balaban J connectivity index is 0.000000355. The minimum absolute atomic E-state index is 0.293. The Morgan fingerprint density at radius 3 is 0.726 bits per heavy atom. The van der Waals surface area contributed by atoms with Gasteiger partial charge in [0.15, 0.2) is 69.8 Å². The summed E-state index contributed by atoms with van der Waals surface area (Å²) in [5.41, 5.74) is -14.3. The van der Waals surface area contributed by atoms with Crippen molar-refractivity contribution in [1.29, 1.82) is 10.5 Å². The molecule has 0 radical (unpaired) electrons. The van der Waals surface area contributed by atoms with Gasteiger partial charge in [-0.2, -0.15) is 10.5 Å². The Labute approximate surface area is 340 Å². The van der Waals surface area contributed by atoms with Gasteiger partial charge in [0.25, 0.3) is 0 Å². The number of nitriles is 2. The highest BCUT2D eigenvalue weighted by molar-refractivity contribution is 7.20. The van der Waals surface area contributed by atoms with E-state index in [1.54, 1.807) is 0 Å². The molecule has 6 rings (SSSR count). The van der Waals surface area contributed by atoms with Crippen LogP contribution in [0.5, 0.6) is 0 Å². The van der Waals surface area contributed by atoms with E-state index in [1.807, 2.05) is 36.4 Å². The van der Waals surface area contributed by atoms with Crippen LogP contribution in [0.2, 0.25) is 0 Å². The van der Waals surface area contributed by atoms with Crippen LogP contribution >= 0.6 is 0 Å². The summed E-state index contributed by atoms with van der Waals surface area (Å²) in [6, 6.07) is 11.5. The van der Waals surface area contributed by atoms with E-state index in [2.05, 4.69) is 0 Å². The van der Waals surface area contributed by atoms with Crippen LogP contribution in [-0.2, 0) is 12.8 Å². The molecule has 2 aromatic heterocycles. The van der Waals surface area contributed by atoms with Crippen molar-refractivity contribution >= 4 is 28.0 Å². The third kappa shape index (κ3) is 7.46. The van der Waals surface area contributed by atoms with E-state index in [4.69, 9.17) is 19.4 Å². The fourth-order valence-corrected chi connectivity index (χ4v) is 8.15. The smallest absolute Gasteiger partial charge is 0.422 e. The van der Waals surface area contributed by atoms with Crippen LogP contribution in [0.3, 0.4) is 0 Å². The summed E-state index contributed by atoms with van der Waals surface area (Å²) in [7, 11) is 0. The van der Waals surface area contributed by atoms with Gasteiger partial charge in [-0.15, -0.1) is 21.9 Å². The third-order valence-electron chi connectivity index (χ3n) is 8.66. The molecule has 0 saturated heterocycles. The summed E-state index contributed by atoms with van der Waals surface area (Å²) >= 11 is -0.505. The predicted octanol–water partition coefficient (Wildman–Crippen LogP) is 4.98. The van der Waals surface area contributed by atoms with E-state index in [9.17, 15) is 52.7 Å². The normalized spacial score (nSPS) is 11.4. The third-order valence-corrected chi connectivity index (χ3v) is 10.9. The van der Waals surface area contributed by atoms with Gasteiger partial charge < -0.3 is 8.83 Å². The first kappa shape index (κ1) is 46.9. The fourth-order valence-electron chi connectivity index (χ4n) is 6.12. The molecular weight excluding hydrogens is 1010 g/mol. The van der Waals surface area contributed by atoms with Gasteiger partial charge in [0, 0.05) is 12.1 Å². The first-order valence-electron chi connectivity index (χ1n) is 15.8. The standard InChI is InChI=1S/C24BF20.C12H8IN2O2/c26-5-1(6(27)14(35)21(42)13(5)34)25(2-7(28)15(36)22(43)16(37)8(2)29,3-9(30)17(38)23(44)18(39)10(3)31)4-11(32)19(40)24(45)20(41)12(4)33;14-7-5-9-1-3-11(16-9)13-12-4-2-10(17-12)6-8-15/h;1-4H,5-6H2/q-1;+1. The average Bonchev–Trinajstić information content (AvgIpc) is 3.89. The number of nitrogens with zero attached hydrogens (tertiary/aromatic N) is 2. The minimum Gasteiger partial charge on any atom is -0.422 e. The second kappa shape index (κ2) is 17.7. The quantitative estimate of drug-likeness (QED) is 0.0711. The van der Waals surface area contributed by atoms with Gasteiger partial charge in [0.1, 0.15) is 64.2 Å². The lowest BCUT2D eigenvalue weighted by molar-refractivity contribution is -0.636. The number of halogens is 21. The maximum atomic E-state index is 15.4. The minimum atomic E-state index is -7.22. The van der Waals surface area contributed by atoms with Crippen LogP contribution in [-0.4, -0.2) is 6.15 Å². The molecule has 0 fully saturated rings. The molecule has 0 aliphatic rings. The van der Waals surface area contributed by atoms with E-state index in [1.165, 1.54) is 0 Å². The maximum absolute atomic E-state index is 15.4. The van der Waals surface area contributed by atoms with Gasteiger partial charge in [-0.1, -0.05) is 0 Å².